The first kappa shape index (κ1) is 12.9. The van der Waals surface area contributed by atoms with Crippen molar-refractivity contribution >= 4 is 5.69 Å². The molecule has 0 saturated carbocycles. The van der Waals surface area contributed by atoms with Gasteiger partial charge < -0.3 is 15.5 Å². The zero-order valence-corrected chi connectivity index (χ0v) is 10.6. The molecule has 0 aliphatic rings. The molecule has 0 unspecified atom stereocenters. The molecule has 0 aliphatic heterocycles. The summed E-state index contributed by atoms with van der Waals surface area (Å²) >= 11 is 0. The summed E-state index contributed by atoms with van der Waals surface area (Å²) in [6, 6.07) is 4.06. The molecule has 1 aromatic rings. The largest absolute Gasteiger partial charge is 0.372 e. The highest BCUT2D eigenvalue weighted by atomic mass is 15.2. The molecule has 0 saturated heterocycles. The number of hydrogen-bond acceptors (Lipinski definition) is 4. The number of hydrogen-bond donors (Lipinski definition) is 1. The van der Waals surface area contributed by atoms with Crippen molar-refractivity contribution in [2.75, 3.05) is 39.1 Å². The van der Waals surface area contributed by atoms with E-state index in [0.29, 0.717) is 0 Å². The SMILES string of the molecule is C[C@@H](N)c1ccc(N(C)CCN(C)C)cn1. The number of nitrogens with zero attached hydrogens (tertiary/aromatic N) is 3. The van der Waals surface area contributed by atoms with E-state index in [1.54, 1.807) is 0 Å². The van der Waals surface area contributed by atoms with E-state index in [9.17, 15) is 0 Å². The van der Waals surface area contributed by atoms with Crippen LogP contribution in [0.1, 0.15) is 18.7 Å². The van der Waals surface area contributed by atoms with Gasteiger partial charge in [0.1, 0.15) is 0 Å². The Morgan fingerprint density at radius 3 is 2.38 bits per heavy atom. The highest BCUT2D eigenvalue weighted by Gasteiger charge is 2.04. The van der Waals surface area contributed by atoms with E-state index in [4.69, 9.17) is 5.73 Å². The third-order valence-corrected chi connectivity index (χ3v) is 2.56. The maximum absolute atomic E-state index is 5.76. The molecule has 0 spiro atoms. The second-order valence-electron chi connectivity index (χ2n) is 4.45. The van der Waals surface area contributed by atoms with E-state index in [1.807, 2.05) is 19.2 Å². The van der Waals surface area contributed by atoms with Gasteiger partial charge in [-0.25, -0.2) is 0 Å². The number of likely N-dealkylation sites (N-methyl/N-ethyl adjacent to an activating group) is 2. The fourth-order valence-corrected chi connectivity index (χ4v) is 1.37. The van der Waals surface area contributed by atoms with E-state index in [-0.39, 0.29) is 6.04 Å². The number of nitrogens with two attached hydrogens (primary N) is 1. The van der Waals surface area contributed by atoms with Gasteiger partial charge in [-0.05, 0) is 33.2 Å². The summed E-state index contributed by atoms with van der Waals surface area (Å²) in [4.78, 5) is 8.71. The van der Waals surface area contributed by atoms with Gasteiger partial charge in [0, 0.05) is 26.2 Å². The van der Waals surface area contributed by atoms with E-state index in [2.05, 4.69) is 42.0 Å². The van der Waals surface area contributed by atoms with Crippen molar-refractivity contribution in [3.8, 4) is 0 Å². The highest BCUT2D eigenvalue weighted by molar-refractivity contribution is 5.43. The molecule has 16 heavy (non-hydrogen) atoms. The third kappa shape index (κ3) is 3.79. The lowest BCUT2D eigenvalue weighted by Crippen LogP contribution is -2.28. The first-order valence-corrected chi connectivity index (χ1v) is 5.58. The molecule has 4 heteroatoms. The molecule has 0 amide bonds. The van der Waals surface area contributed by atoms with Crippen molar-refractivity contribution in [2.45, 2.75) is 13.0 Å². The maximum atomic E-state index is 5.76. The lowest BCUT2D eigenvalue weighted by molar-refractivity contribution is 0.416. The average molecular weight is 222 g/mol. The summed E-state index contributed by atoms with van der Waals surface area (Å²) in [6.45, 7) is 3.97. The van der Waals surface area contributed by atoms with Gasteiger partial charge in [0.25, 0.3) is 0 Å². The normalized spacial score (nSPS) is 12.9. The summed E-state index contributed by atoms with van der Waals surface area (Å²) in [5.74, 6) is 0. The monoisotopic (exact) mass is 222 g/mol. The molecule has 0 aliphatic carbocycles. The van der Waals surface area contributed by atoms with Crippen molar-refractivity contribution in [1.82, 2.24) is 9.88 Å². The first-order valence-electron chi connectivity index (χ1n) is 5.58. The number of rotatable bonds is 5. The standard InChI is InChI=1S/C12H22N4/c1-10(13)12-6-5-11(9-14-12)16(4)8-7-15(2)3/h5-6,9-10H,7-8,13H2,1-4H3/t10-/m1/s1. The Hall–Kier alpha value is -1.13. The molecule has 2 N–H and O–H groups in total. The Balaban J connectivity index is 2.59. The van der Waals surface area contributed by atoms with Crippen LogP contribution in [0.2, 0.25) is 0 Å². The molecule has 1 aromatic heterocycles. The van der Waals surface area contributed by atoms with Gasteiger partial charge in [-0.1, -0.05) is 0 Å². The van der Waals surface area contributed by atoms with Crippen molar-refractivity contribution in [2.24, 2.45) is 5.73 Å². The van der Waals surface area contributed by atoms with Crippen LogP contribution in [-0.4, -0.2) is 44.1 Å². The smallest absolute Gasteiger partial charge is 0.0569 e. The fraction of sp³-hybridized carbons (Fsp3) is 0.583. The molecule has 0 fully saturated rings. The third-order valence-electron chi connectivity index (χ3n) is 2.56. The average Bonchev–Trinajstić information content (AvgIpc) is 2.26. The number of aromatic nitrogens is 1. The van der Waals surface area contributed by atoms with Crippen LogP contribution in [0.15, 0.2) is 18.3 Å². The van der Waals surface area contributed by atoms with Crippen LogP contribution >= 0.6 is 0 Å². The van der Waals surface area contributed by atoms with Crippen LogP contribution in [0, 0.1) is 0 Å². The Labute approximate surface area is 98.1 Å². The summed E-state index contributed by atoms with van der Waals surface area (Å²) in [5.41, 5.74) is 7.82. The Bertz CT molecular complexity index is 305. The maximum Gasteiger partial charge on any atom is 0.0569 e. The molecule has 1 rings (SSSR count). The van der Waals surface area contributed by atoms with Crippen LogP contribution < -0.4 is 10.6 Å². The lowest BCUT2D eigenvalue weighted by Gasteiger charge is -2.21. The van der Waals surface area contributed by atoms with Crippen LogP contribution in [0.25, 0.3) is 0 Å². The van der Waals surface area contributed by atoms with Crippen LogP contribution in [0.4, 0.5) is 5.69 Å². The predicted octanol–water partition coefficient (Wildman–Crippen LogP) is 1.10. The molecule has 0 aromatic carbocycles. The minimum absolute atomic E-state index is 0.00105. The zero-order valence-electron chi connectivity index (χ0n) is 10.6. The van der Waals surface area contributed by atoms with E-state index in [0.717, 1.165) is 24.5 Å². The van der Waals surface area contributed by atoms with E-state index >= 15 is 0 Å². The van der Waals surface area contributed by atoms with Crippen molar-refractivity contribution in [3.05, 3.63) is 24.0 Å². The molecule has 90 valence electrons. The predicted molar refractivity (Wildman–Crippen MR) is 68.7 cm³/mol. The molecule has 4 nitrogen and oxygen atoms in total. The molecule has 1 atom stereocenters. The topological polar surface area (TPSA) is 45.4 Å². The Morgan fingerprint density at radius 1 is 1.25 bits per heavy atom. The Kier molecular flexibility index (Phi) is 4.71. The lowest BCUT2D eigenvalue weighted by atomic mass is 10.2. The quantitative estimate of drug-likeness (QED) is 0.810. The minimum Gasteiger partial charge on any atom is -0.372 e. The van der Waals surface area contributed by atoms with E-state index in [1.165, 1.54) is 0 Å². The van der Waals surface area contributed by atoms with Gasteiger partial charge in [0.05, 0.1) is 17.6 Å². The second-order valence-corrected chi connectivity index (χ2v) is 4.45. The Morgan fingerprint density at radius 2 is 1.94 bits per heavy atom. The number of anilines is 1. The van der Waals surface area contributed by atoms with Gasteiger partial charge in [-0.2, -0.15) is 0 Å². The van der Waals surface area contributed by atoms with Gasteiger partial charge in [0.15, 0.2) is 0 Å². The van der Waals surface area contributed by atoms with Gasteiger partial charge in [-0.3, -0.25) is 4.98 Å². The van der Waals surface area contributed by atoms with Crippen molar-refractivity contribution in [1.29, 1.82) is 0 Å². The molecule has 1 heterocycles. The molecule has 0 bridgehead atoms. The van der Waals surface area contributed by atoms with Crippen LogP contribution in [0.5, 0.6) is 0 Å². The van der Waals surface area contributed by atoms with Gasteiger partial charge in [-0.15, -0.1) is 0 Å². The van der Waals surface area contributed by atoms with E-state index < -0.39 is 0 Å². The fourth-order valence-electron chi connectivity index (χ4n) is 1.37. The molecular formula is C12H22N4. The van der Waals surface area contributed by atoms with Crippen LogP contribution in [0.3, 0.4) is 0 Å². The van der Waals surface area contributed by atoms with Crippen molar-refractivity contribution < 1.29 is 0 Å². The molecule has 0 radical (unpaired) electrons. The summed E-state index contributed by atoms with van der Waals surface area (Å²) in [7, 11) is 6.22. The van der Waals surface area contributed by atoms with Gasteiger partial charge >= 0.3 is 0 Å². The molecular weight excluding hydrogens is 200 g/mol. The first-order chi connectivity index (χ1) is 7.50. The summed E-state index contributed by atoms with van der Waals surface area (Å²) in [5, 5.41) is 0. The number of pyridine rings is 1. The second kappa shape index (κ2) is 5.82. The highest BCUT2D eigenvalue weighted by Crippen LogP contribution is 2.13. The minimum atomic E-state index is 0.00105. The van der Waals surface area contributed by atoms with Crippen LogP contribution in [-0.2, 0) is 0 Å². The summed E-state index contributed by atoms with van der Waals surface area (Å²) in [6.07, 6.45) is 1.88. The summed E-state index contributed by atoms with van der Waals surface area (Å²) < 4.78 is 0. The van der Waals surface area contributed by atoms with Gasteiger partial charge in [0.2, 0.25) is 0 Å². The van der Waals surface area contributed by atoms with Crippen molar-refractivity contribution in [3.63, 3.8) is 0 Å². The zero-order chi connectivity index (χ0) is 12.1.